The van der Waals surface area contributed by atoms with E-state index < -0.39 is 0 Å². The zero-order valence-electron chi connectivity index (χ0n) is 11.5. The molecule has 0 nitrogen and oxygen atoms in total. The molecule has 0 atom stereocenters. The Kier molecular flexibility index (Phi) is 4.65. The van der Waals surface area contributed by atoms with E-state index in [1.807, 2.05) is 0 Å². The van der Waals surface area contributed by atoms with E-state index in [0.717, 1.165) is 5.92 Å². The Labute approximate surface area is 133 Å². The van der Waals surface area contributed by atoms with Gasteiger partial charge in [-0.05, 0) is 70.0 Å². The van der Waals surface area contributed by atoms with Crippen LogP contribution in [0.25, 0.3) is 0 Å². The Balaban J connectivity index is 2.10. The van der Waals surface area contributed by atoms with Gasteiger partial charge < -0.3 is 0 Å². The first-order valence-corrected chi connectivity index (χ1v) is 9.40. The highest BCUT2D eigenvalue weighted by molar-refractivity contribution is 14.1. The number of hydrogen-bond acceptors (Lipinski definition) is 2. The first-order chi connectivity index (χ1) is 8.31. The third-order valence-electron chi connectivity index (χ3n) is 3.71. The standard InChI is InChI=1S/C15H21IS2/c1-14(2,3)12-9-17-15(4,18-10-12)11-5-7-13(16)8-6-11/h5-8,12H,9-10H2,1-4H3. The van der Waals surface area contributed by atoms with Crippen LogP contribution in [-0.4, -0.2) is 11.5 Å². The maximum Gasteiger partial charge on any atom is 0.0832 e. The molecule has 100 valence electrons. The van der Waals surface area contributed by atoms with Gasteiger partial charge in [0.2, 0.25) is 0 Å². The van der Waals surface area contributed by atoms with E-state index in [4.69, 9.17) is 0 Å². The minimum atomic E-state index is 0.242. The molecule has 18 heavy (non-hydrogen) atoms. The van der Waals surface area contributed by atoms with Gasteiger partial charge in [0.05, 0.1) is 4.08 Å². The highest BCUT2D eigenvalue weighted by Gasteiger charge is 2.37. The predicted molar refractivity (Wildman–Crippen MR) is 94.4 cm³/mol. The minimum Gasteiger partial charge on any atom is -0.139 e. The highest BCUT2D eigenvalue weighted by Crippen LogP contribution is 2.53. The summed E-state index contributed by atoms with van der Waals surface area (Å²) in [5.74, 6) is 3.38. The quantitative estimate of drug-likeness (QED) is 0.570. The molecule has 1 aromatic rings. The van der Waals surface area contributed by atoms with Crippen molar-refractivity contribution in [3.8, 4) is 0 Å². The molecule has 0 aliphatic carbocycles. The molecule has 3 heteroatoms. The summed E-state index contributed by atoms with van der Waals surface area (Å²) in [5.41, 5.74) is 1.90. The molecule has 2 rings (SSSR count). The Morgan fingerprint density at radius 2 is 1.61 bits per heavy atom. The first-order valence-electron chi connectivity index (χ1n) is 6.35. The molecule has 1 aliphatic heterocycles. The first kappa shape index (κ1) is 15.0. The second-order valence-electron chi connectivity index (χ2n) is 6.14. The number of benzene rings is 1. The lowest BCUT2D eigenvalue weighted by atomic mass is 9.83. The van der Waals surface area contributed by atoms with Crippen LogP contribution >= 0.6 is 46.1 Å². The number of thioether (sulfide) groups is 2. The van der Waals surface area contributed by atoms with Gasteiger partial charge in [-0.2, -0.15) is 0 Å². The van der Waals surface area contributed by atoms with Crippen LogP contribution in [0.5, 0.6) is 0 Å². The van der Waals surface area contributed by atoms with Crippen LogP contribution in [0.2, 0.25) is 0 Å². The van der Waals surface area contributed by atoms with Gasteiger partial charge in [-0.3, -0.25) is 0 Å². The molecular weight excluding hydrogens is 371 g/mol. The fraction of sp³-hybridized carbons (Fsp3) is 0.600. The maximum absolute atomic E-state index is 2.38. The van der Waals surface area contributed by atoms with Gasteiger partial charge in [0.15, 0.2) is 0 Å². The predicted octanol–water partition coefficient (Wildman–Crippen LogP) is 5.61. The van der Waals surface area contributed by atoms with Crippen molar-refractivity contribution >= 4 is 46.1 Å². The molecule has 0 aromatic heterocycles. The maximum atomic E-state index is 2.38. The largest absolute Gasteiger partial charge is 0.139 e. The van der Waals surface area contributed by atoms with Crippen molar-refractivity contribution in [2.24, 2.45) is 11.3 Å². The van der Waals surface area contributed by atoms with E-state index in [1.165, 1.54) is 20.6 Å². The molecule has 0 bridgehead atoms. The van der Waals surface area contributed by atoms with E-state index in [-0.39, 0.29) is 4.08 Å². The van der Waals surface area contributed by atoms with Crippen LogP contribution in [-0.2, 0) is 4.08 Å². The van der Waals surface area contributed by atoms with Gasteiger partial charge in [-0.25, -0.2) is 0 Å². The molecule has 0 spiro atoms. The average molecular weight is 392 g/mol. The Bertz CT molecular complexity index is 397. The molecule has 1 aliphatic rings. The fourth-order valence-corrected chi connectivity index (χ4v) is 6.16. The summed E-state index contributed by atoms with van der Waals surface area (Å²) in [4.78, 5) is 0. The van der Waals surface area contributed by atoms with Crippen LogP contribution < -0.4 is 0 Å². The summed E-state index contributed by atoms with van der Waals surface area (Å²) in [5, 5.41) is 0. The summed E-state index contributed by atoms with van der Waals surface area (Å²) < 4.78 is 1.56. The number of rotatable bonds is 1. The van der Waals surface area contributed by atoms with Gasteiger partial charge in [0.1, 0.15) is 0 Å². The molecule has 0 N–H and O–H groups in total. The zero-order chi connectivity index (χ0) is 13.4. The summed E-state index contributed by atoms with van der Waals surface area (Å²) in [6, 6.07) is 9.02. The number of halogens is 1. The van der Waals surface area contributed by atoms with E-state index in [9.17, 15) is 0 Å². The Morgan fingerprint density at radius 1 is 1.11 bits per heavy atom. The van der Waals surface area contributed by atoms with Gasteiger partial charge in [0.25, 0.3) is 0 Å². The minimum absolute atomic E-state index is 0.242. The van der Waals surface area contributed by atoms with Crippen molar-refractivity contribution in [2.75, 3.05) is 11.5 Å². The topological polar surface area (TPSA) is 0 Å². The highest BCUT2D eigenvalue weighted by atomic mass is 127. The second-order valence-corrected chi connectivity index (χ2v) is 10.5. The normalized spacial score (nSPS) is 29.3. The lowest BCUT2D eigenvalue weighted by Crippen LogP contribution is -2.32. The van der Waals surface area contributed by atoms with Crippen LogP contribution in [0, 0.1) is 14.9 Å². The lowest BCUT2D eigenvalue weighted by Gasteiger charge is -2.41. The molecular formula is C15H21IS2. The van der Waals surface area contributed by atoms with Crippen molar-refractivity contribution < 1.29 is 0 Å². The zero-order valence-corrected chi connectivity index (χ0v) is 15.3. The SMILES string of the molecule is CC1(c2ccc(I)cc2)SCC(C(C)(C)C)CS1. The third-order valence-corrected chi connectivity index (χ3v) is 7.85. The smallest absolute Gasteiger partial charge is 0.0832 e. The van der Waals surface area contributed by atoms with Crippen LogP contribution in [0.15, 0.2) is 24.3 Å². The third kappa shape index (κ3) is 3.40. The second kappa shape index (κ2) is 5.57. The van der Waals surface area contributed by atoms with Crippen molar-refractivity contribution in [3.05, 3.63) is 33.4 Å². The molecule has 1 saturated heterocycles. The van der Waals surface area contributed by atoms with E-state index in [0.29, 0.717) is 5.41 Å². The van der Waals surface area contributed by atoms with Crippen molar-refractivity contribution in [3.63, 3.8) is 0 Å². The lowest BCUT2D eigenvalue weighted by molar-refractivity contribution is 0.292. The van der Waals surface area contributed by atoms with Crippen molar-refractivity contribution in [1.82, 2.24) is 0 Å². The molecule has 1 aromatic carbocycles. The average Bonchev–Trinajstić information content (AvgIpc) is 2.29. The van der Waals surface area contributed by atoms with E-state index in [2.05, 4.69) is 98.1 Å². The van der Waals surface area contributed by atoms with Gasteiger partial charge in [-0.1, -0.05) is 32.9 Å². The molecule has 0 amide bonds. The summed E-state index contributed by atoms with van der Waals surface area (Å²) in [6.45, 7) is 9.48. The number of hydrogen-bond donors (Lipinski definition) is 0. The van der Waals surface area contributed by atoms with Crippen molar-refractivity contribution in [2.45, 2.75) is 31.8 Å². The Morgan fingerprint density at radius 3 is 2.06 bits per heavy atom. The van der Waals surface area contributed by atoms with E-state index >= 15 is 0 Å². The molecule has 0 saturated carbocycles. The molecule has 0 unspecified atom stereocenters. The van der Waals surface area contributed by atoms with E-state index in [1.54, 1.807) is 0 Å². The monoisotopic (exact) mass is 392 g/mol. The van der Waals surface area contributed by atoms with Crippen molar-refractivity contribution in [1.29, 1.82) is 0 Å². The van der Waals surface area contributed by atoms with Crippen LogP contribution in [0.4, 0.5) is 0 Å². The molecule has 0 radical (unpaired) electrons. The van der Waals surface area contributed by atoms with Gasteiger partial charge in [-0.15, -0.1) is 23.5 Å². The summed E-state index contributed by atoms with van der Waals surface area (Å²) in [7, 11) is 0. The summed E-state index contributed by atoms with van der Waals surface area (Å²) >= 11 is 6.61. The van der Waals surface area contributed by atoms with Crippen LogP contribution in [0.1, 0.15) is 33.3 Å². The summed E-state index contributed by atoms with van der Waals surface area (Å²) in [6.07, 6.45) is 0. The Hall–Kier alpha value is 0.650. The molecule has 1 heterocycles. The molecule has 1 fully saturated rings. The fourth-order valence-electron chi connectivity index (χ4n) is 2.03. The van der Waals surface area contributed by atoms with Gasteiger partial charge >= 0.3 is 0 Å². The van der Waals surface area contributed by atoms with Crippen LogP contribution in [0.3, 0.4) is 0 Å². The van der Waals surface area contributed by atoms with Gasteiger partial charge in [0, 0.05) is 3.57 Å².